The standard InChI is InChI=1S/C20H20O6/c1-11(21)24-17-8-9-18(25-12(2)22)20-15-7-5-4-6-14(15)19(10-16(17)20)26-13(3)23/h8-10H,4-7H2,1-3H3. The van der Waals surface area contributed by atoms with Gasteiger partial charge in [0.25, 0.3) is 0 Å². The first-order chi connectivity index (χ1) is 12.4. The summed E-state index contributed by atoms with van der Waals surface area (Å²) in [4.78, 5) is 34.5. The molecule has 0 aromatic heterocycles. The molecule has 3 rings (SSSR count). The molecule has 0 atom stereocenters. The van der Waals surface area contributed by atoms with Gasteiger partial charge in [-0.3, -0.25) is 14.4 Å². The van der Waals surface area contributed by atoms with Gasteiger partial charge in [-0.05, 0) is 55.0 Å². The molecule has 0 saturated carbocycles. The Morgan fingerprint density at radius 2 is 1.23 bits per heavy atom. The molecular weight excluding hydrogens is 336 g/mol. The molecule has 0 spiro atoms. The molecule has 6 heteroatoms. The first-order valence-electron chi connectivity index (χ1n) is 8.53. The van der Waals surface area contributed by atoms with Crippen LogP contribution in [0, 0.1) is 0 Å². The van der Waals surface area contributed by atoms with Crippen LogP contribution in [0.15, 0.2) is 18.2 Å². The zero-order chi connectivity index (χ0) is 18.8. The van der Waals surface area contributed by atoms with Crippen molar-refractivity contribution < 1.29 is 28.6 Å². The van der Waals surface area contributed by atoms with Gasteiger partial charge in [0, 0.05) is 31.5 Å². The van der Waals surface area contributed by atoms with Gasteiger partial charge in [0.05, 0.1) is 0 Å². The third kappa shape index (κ3) is 3.54. The Bertz CT molecular complexity index is 912. The summed E-state index contributed by atoms with van der Waals surface area (Å²) in [7, 11) is 0. The molecule has 1 aliphatic carbocycles. The van der Waals surface area contributed by atoms with Gasteiger partial charge < -0.3 is 14.2 Å². The van der Waals surface area contributed by atoms with Gasteiger partial charge in [-0.25, -0.2) is 0 Å². The van der Waals surface area contributed by atoms with E-state index in [0.717, 1.165) is 42.2 Å². The van der Waals surface area contributed by atoms with Crippen LogP contribution in [0.1, 0.15) is 44.7 Å². The second-order valence-electron chi connectivity index (χ2n) is 6.30. The fourth-order valence-electron chi connectivity index (χ4n) is 3.44. The summed E-state index contributed by atoms with van der Waals surface area (Å²) in [6, 6.07) is 4.89. The first kappa shape index (κ1) is 17.9. The van der Waals surface area contributed by atoms with Crippen molar-refractivity contribution in [3.63, 3.8) is 0 Å². The largest absolute Gasteiger partial charge is 0.426 e. The van der Waals surface area contributed by atoms with Gasteiger partial charge in [-0.2, -0.15) is 0 Å². The van der Waals surface area contributed by atoms with Gasteiger partial charge in [-0.15, -0.1) is 0 Å². The van der Waals surface area contributed by atoms with Gasteiger partial charge >= 0.3 is 17.9 Å². The van der Waals surface area contributed by atoms with Gasteiger partial charge in [0.1, 0.15) is 17.2 Å². The predicted molar refractivity (Wildman–Crippen MR) is 94.5 cm³/mol. The highest BCUT2D eigenvalue weighted by Crippen LogP contribution is 2.43. The molecule has 2 aromatic carbocycles. The highest BCUT2D eigenvalue weighted by Gasteiger charge is 2.24. The van der Waals surface area contributed by atoms with Crippen molar-refractivity contribution >= 4 is 28.7 Å². The molecule has 0 radical (unpaired) electrons. The Hall–Kier alpha value is -2.89. The normalized spacial score (nSPS) is 13.0. The van der Waals surface area contributed by atoms with Crippen LogP contribution in [0.3, 0.4) is 0 Å². The average Bonchev–Trinajstić information content (AvgIpc) is 2.55. The van der Waals surface area contributed by atoms with Crippen LogP contribution in [0.5, 0.6) is 17.2 Å². The number of rotatable bonds is 3. The number of hydrogen-bond donors (Lipinski definition) is 0. The van der Waals surface area contributed by atoms with Gasteiger partial charge in [0.15, 0.2) is 0 Å². The van der Waals surface area contributed by atoms with Crippen molar-refractivity contribution in [1.82, 2.24) is 0 Å². The molecular formula is C20H20O6. The highest BCUT2D eigenvalue weighted by molar-refractivity contribution is 6.00. The maximum Gasteiger partial charge on any atom is 0.308 e. The Kier molecular flexibility index (Phi) is 4.93. The fourth-order valence-corrected chi connectivity index (χ4v) is 3.44. The maximum atomic E-state index is 11.5. The molecule has 2 aromatic rings. The van der Waals surface area contributed by atoms with E-state index in [1.165, 1.54) is 20.8 Å². The quantitative estimate of drug-likeness (QED) is 0.619. The van der Waals surface area contributed by atoms with E-state index in [1.54, 1.807) is 18.2 Å². The lowest BCUT2D eigenvalue weighted by molar-refractivity contribution is -0.133. The van der Waals surface area contributed by atoms with Crippen LogP contribution in [-0.4, -0.2) is 17.9 Å². The number of carbonyl (C=O) groups is 3. The average molecular weight is 356 g/mol. The number of aryl methyl sites for hydroxylation is 1. The zero-order valence-corrected chi connectivity index (χ0v) is 15.0. The summed E-state index contributed by atoms with van der Waals surface area (Å²) < 4.78 is 16.1. The number of ether oxygens (including phenoxy) is 3. The molecule has 26 heavy (non-hydrogen) atoms. The van der Waals surface area contributed by atoms with Crippen molar-refractivity contribution in [2.24, 2.45) is 0 Å². The molecule has 1 aliphatic rings. The molecule has 0 unspecified atom stereocenters. The van der Waals surface area contributed by atoms with E-state index in [0.29, 0.717) is 22.6 Å². The summed E-state index contributed by atoms with van der Waals surface area (Å²) in [6.07, 6.45) is 3.49. The van der Waals surface area contributed by atoms with Crippen LogP contribution < -0.4 is 14.2 Å². The predicted octanol–water partition coefficient (Wildman–Crippen LogP) is 3.49. The SMILES string of the molecule is CC(=O)Oc1cc2c(OC(C)=O)ccc(OC(C)=O)c2c2c1CCCC2. The minimum absolute atomic E-state index is 0.338. The monoisotopic (exact) mass is 356 g/mol. The summed E-state index contributed by atoms with van der Waals surface area (Å²) in [5.74, 6) is -0.0880. The summed E-state index contributed by atoms with van der Waals surface area (Å²) >= 11 is 0. The Balaban J connectivity index is 2.34. The molecule has 6 nitrogen and oxygen atoms in total. The number of carbonyl (C=O) groups excluding carboxylic acids is 3. The Labute approximate surface area is 151 Å². The van der Waals surface area contributed by atoms with Gasteiger partial charge in [0.2, 0.25) is 0 Å². The van der Waals surface area contributed by atoms with Crippen molar-refractivity contribution in [3.8, 4) is 17.2 Å². The highest BCUT2D eigenvalue weighted by atomic mass is 16.5. The van der Waals surface area contributed by atoms with E-state index in [2.05, 4.69) is 0 Å². The van der Waals surface area contributed by atoms with E-state index in [1.807, 2.05) is 0 Å². The molecule has 0 heterocycles. The van der Waals surface area contributed by atoms with Crippen molar-refractivity contribution in [2.45, 2.75) is 46.5 Å². The molecule has 0 N–H and O–H groups in total. The van der Waals surface area contributed by atoms with Crippen molar-refractivity contribution in [3.05, 3.63) is 29.3 Å². The van der Waals surface area contributed by atoms with Crippen molar-refractivity contribution in [2.75, 3.05) is 0 Å². The maximum absolute atomic E-state index is 11.5. The number of esters is 3. The first-order valence-corrected chi connectivity index (χ1v) is 8.53. The third-order valence-electron chi connectivity index (χ3n) is 4.27. The lowest BCUT2D eigenvalue weighted by Crippen LogP contribution is -2.12. The number of fused-ring (bicyclic) bond motifs is 3. The van der Waals surface area contributed by atoms with E-state index >= 15 is 0 Å². The molecule has 0 amide bonds. The van der Waals surface area contributed by atoms with Gasteiger partial charge in [-0.1, -0.05) is 0 Å². The second kappa shape index (κ2) is 7.15. The smallest absolute Gasteiger partial charge is 0.308 e. The van der Waals surface area contributed by atoms with Crippen LogP contribution in [0.2, 0.25) is 0 Å². The lowest BCUT2D eigenvalue weighted by Gasteiger charge is -2.23. The lowest BCUT2D eigenvalue weighted by atomic mass is 9.86. The third-order valence-corrected chi connectivity index (χ3v) is 4.27. The van der Waals surface area contributed by atoms with E-state index in [9.17, 15) is 14.4 Å². The minimum atomic E-state index is -0.460. The zero-order valence-electron chi connectivity index (χ0n) is 15.0. The topological polar surface area (TPSA) is 78.9 Å². The summed E-state index contributed by atoms with van der Waals surface area (Å²) in [6.45, 7) is 4.00. The number of benzene rings is 2. The summed E-state index contributed by atoms with van der Waals surface area (Å²) in [5, 5.41) is 1.31. The van der Waals surface area contributed by atoms with Crippen LogP contribution in [0.25, 0.3) is 10.8 Å². The van der Waals surface area contributed by atoms with Crippen molar-refractivity contribution in [1.29, 1.82) is 0 Å². The summed E-state index contributed by atoms with van der Waals surface area (Å²) in [5.41, 5.74) is 1.91. The van der Waals surface area contributed by atoms with E-state index in [-0.39, 0.29) is 0 Å². The van der Waals surface area contributed by atoms with Crippen LogP contribution in [0.4, 0.5) is 0 Å². The molecule has 0 aliphatic heterocycles. The molecule has 0 saturated heterocycles. The number of hydrogen-bond acceptors (Lipinski definition) is 6. The van der Waals surface area contributed by atoms with E-state index in [4.69, 9.17) is 14.2 Å². The Morgan fingerprint density at radius 3 is 1.85 bits per heavy atom. The molecule has 136 valence electrons. The van der Waals surface area contributed by atoms with E-state index < -0.39 is 17.9 Å². The fraction of sp³-hybridized carbons (Fsp3) is 0.350. The Morgan fingerprint density at radius 1 is 0.731 bits per heavy atom. The van der Waals surface area contributed by atoms with Crippen LogP contribution >= 0.6 is 0 Å². The second-order valence-corrected chi connectivity index (χ2v) is 6.30. The minimum Gasteiger partial charge on any atom is -0.426 e. The van der Waals surface area contributed by atoms with Crippen LogP contribution in [-0.2, 0) is 27.2 Å². The molecule has 0 fully saturated rings. The molecule has 0 bridgehead atoms.